The molecule has 1 heterocycles. The monoisotopic (exact) mass is 195 g/mol. The van der Waals surface area contributed by atoms with Gasteiger partial charge in [0.15, 0.2) is 0 Å². The summed E-state index contributed by atoms with van der Waals surface area (Å²) in [5.41, 5.74) is 5.58. The van der Waals surface area contributed by atoms with E-state index in [0.29, 0.717) is 6.04 Å². The van der Waals surface area contributed by atoms with Crippen LogP contribution >= 0.6 is 0 Å². The minimum absolute atomic E-state index is 0.289. The summed E-state index contributed by atoms with van der Waals surface area (Å²) in [6.45, 7) is 6.71. The average Bonchev–Trinajstić information content (AvgIpc) is 2.62. The summed E-state index contributed by atoms with van der Waals surface area (Å²) in [4.78, 5) is 2.49. The number of hydrogen-bond donors (Lipinski definition) is 1. The van der Waals surface area contributed by atoms with Crippen molar-refractivity contribution in [3.8, 4) is 6.07 Å². The van der Waals surface area contributed by atoms with Crippen LogP contribution in [0.2, 0.25) is 0 Å². The lowest BCUT2D eigenvalue weighted by Gasteiger charge is -2.27. The Hall–Kier alpha value is -0.590. The van der Waals surface area contributed by atoms with E-state index in [2.05, 4.69) is 24.8 Å². The average molecular weight is 195 g/mol. The summed E-state index contributed by atoms with van der Waals surface area (Å²) in [6.07, 6.45) is 3.41. The Morgan fingerprint density at radius 1 is 1.57 bits per heavy atom. The molecule has 3 heteroatoms. The van der Waals surface area contributed by atoms with Gasteiger partial charge in [-0.15, -0.1) is 0 Å². The molecular weight excluding hydrogens is 174 g/mol. The van der Waals surface area contributed by atoms with Crippen LogP contribution in [0, 0.1) is 17.2 Å². The van der Waals surface area contributed by atoms with Gasteiger partial charge in [0, 0.05) is 12.6 Å². The van der Waals surface area contributed by atoms with Gasteiger partial charge in [0.2, 0.25) is 0 Å². The molecule has 2 atom stereocenters. The molecule has 2 N–H and O–H groups in total. The number of nitrogens with zero attached hydrogens (tertiary/aromatic N) is 2. The third-order valence-electron chi connectivity index (χ3n) is 3.08. The van der Waals surface area contributed by atoms with Gasteiger partial charge >= 0.3 is 0 Å². The molecule has 0 saturated carbocycles. The number of hydrogen-bond acceptors (Lipinski definition) is 3. The first-order valence-electron chi connectivity index (χ1n) is 5.54. The van der Waals surface area contributed by atoms with E-state index in [9.17, 15) is 0 Å². The molecule has 1 fully saturated rings. The largest absolute Gasteiger partial charge is 0.316 e. The van der Waals surface area contributed by atoms with Gasteiger partial charge in [0.05, 0.1) is 12.1 Å². The predicted octanol–water partition coefficient (Wildman–Crippen LogP) is 1.35. The van der Waals surface area contributed by atoms with Crippen molar-refractivity contribution in [3.63, 3.8) is 0 Å². The lowest BCUT2D eigenvalue weighted by atomic mass is 10.0. The molecule has 2 unspecified atom stereocenters. The van der Waals surface area contributed by atoms with Crippen molar-refractivity contribution in [1.82, 2.24) is 4.90 Å². The molecular formula is C11H21N3. The summed E-state index contributed by atoms with van der Waals surface area (Å²) < 4.78 is 0. The summed E-state index contributed by atoms with van der Waals surface area (Å²) >= 11 is 0. The molecule has 0 aromatic carbocycles. The van der Waals surface area contributed by atoms with Gasteiger partial charge in [-0.3, -0.25) is 0 Å². The fourth-order valence-corrected chi connectivity index (χ4v) is 2.25. The van der Waals surface area contributed by atoms with Crippen LogP contribution < -0.4 is 5.73 Å². The van der Waals surface area contributed by atoms with Crippen LogP contribution in [0.4, 0.5) is 0 Å². The zero-order chi connectivity index (χ0) is 10.6. The van der Waals surface area contributed by atoms with E-state index in [-0.39, 0.29) is 6.04 Å². The standard InChI is InChI=1S/C11H21N3/c1-9(2)11-4-3-6-14(11)7-5-10(13)8-12/h9-11H,3-7,13H2,1-2H3. The minimum atomic E-state index is -0.289. The van der Waals surface area contributed by atoms with Crippen molar-refractivity contribution in [1.29, 1.82) is 5.26 Å². The molecule has 0 aromatic heterocycles. The summed E-state index contributed by atoms with van der Waals surface area (Å²) in [5, 5.41) is 8.59. The molecule has 0 bridgehead atoms. The highest BCUT2D eigenvalue weighted by atomic mass is 15.2. The van der Waals surface area contributed by atoms with Gasteiger partial charge < -0.3 is 10.6 Å². The second-order valence-corrected chi connectivity index (χ2v) is 4.51. The topological polar surface area (TPSA) is 53.0 Å². The van der Waals surface area contributed by atoms with Crippen molar-refractivity contribution in [2.45, 2.75) is 45.2 Å². The molecule has 1 aliphatic heterocycles. The van der Waals surface area contributed by atoms with Gasteiger partial charge in [-0.05, 0) is 31.7 Å². The molecule has 80 valence electrons. The first kappa shape index (κ1) is 11.5. The number of likely N-dealkylation sites (tertiary alicyclic amines) is 1. The van der Waals surface area contributed by atoms with E-state index < -0.39 is 0 Å². The number of rotatable bonds is 4. The quantitative estimate of drug-likeness (QED) is 0.736. The maximum absolute atomic E-state index is 8.59. The van der Waals surface area contributed by atoms with Crippen LogP contribution in [0.1, 0.15) is 33.1 Å². The lowest BCUT2D eigenvalue weighted by Crippen LogP contribution is -2.36. The lowest BCUT2D eigenvalue weighted by molar-refractivity contribution is 0.203. The van der Waals surface area contributed by atoms with Crippen LogP contribution in [0.15, 0.2) is 0 Å². The van der Waals surface area contributed by atoms with Gasteiger partial charge in [-0.1, -0.05) is 13.8 Å². The van der Waals surface area contributed by atoms with E-state index in [0.717, 1.165) is 18.9 Å². The van der Waals surface area contributed by atoms with Gasteiger partial charge in [-0.25, -0.2) is 0 Å². The Morgan fingerprint density at radius 3 is 2.86 bits per heavy atom. The van der Waals surface area contributed by atoms with Gasteiger partial charge in [-0.2, -0.15) is 5.26 Å². The highest BCUT2D eigenvalue weighted by Gasteiger charge is 2.26. The van der Waals surface area contributed by atoms with Crippen LogP contribution in [-0.4, -0.2) is 30.1 Å². The third kappa shape index (κ3) is 2.97. The zero-order valence-electron chi connectivity index (χ0n) is 9.24. The Morgan fingerprint density at radius 2 is 2.29 bits per heavy atom. The molecule has 1 rings (SSSR count). The Labute approximate surface area is 86.9 Å². The van der Waals surface area contributed by atoms with E-state index >= 15 is 0 Å². The highest BCUT2D eigenvalue weighted by molar-refractivity contribution is 4.89. The second kappa shape index (κ2) is 5.33. The normalized spacial score (nSPS) is 25.2. The first-order chi connectivity index (χ1) is 6.65. The fraction of sp³-hybridized carbons (Fsp3) is 0.909. The molecule has 0 radical (unpaired) electrons. The van der Waals surface area contributed by atoms with Crippen molar-refractivity contribution in [2.75, 3.05) is 13.1 Å². The van der Waals surface area contributed by atoms with Gasteiger partial charge in [0.25, 0.3) is 0 Å². The maximum atomic E-state index is 8.59. The molecule has 0 amide bonds. The molecule has 3 nitrogen and oxygen atoms in total. The minimum Gasteiger partial charge on any atom is -0.316 e. The SMILES string of the molecule is CC(C)C1CCCN1CCC(N)C#N. The van der Waals surface area contributed by atoms with E-state index in [1.54, 1.807) is 0 Å². The van der Waals surface area contributed by atoms with Crippen molar-refractivity contribution < 1.29 is 0 Å². The van der Waals surface area contributed by atoms with E-state index in [4.69, 9.17) is 11.0 Å². The summed E-state index contributed by atoms with van der Waals surface area (Å²) in [5.74, 6) is 0.718. The second-order valence-electron chi connectivity index (χ2n) is 4.51. The Bertz CT molecular complexity index is 207. The first-order valence-corrected chi connectivity index (χ1v) is 5.54. The molecule has 0 spiro atoms. The molecule has 14 heavy (non-hydrogen) atoms. The van der Waals surface area contributed by atoms with Crippen LogP contribution in [0.3, 0.4) is 0 Å². The molecule has 1 saturated heterocycles. The maximum Gasteiger partial charge on any atom is 0.0940 e. The zero-order valence-corrected chi connectivity index (χ0v) is 9.24. The Kier molecular flexibility index (Phi) is 4.37. The Balaban J connectivity index is 2.33. The van der Waals surface area contributed by atoms with Gasteiger partial charge in [0.1, 0.15) is 0 Å². The highest BCUT2D eigenvalue weighted by Crippen LogP contribution is 2.23. The third-order valence-corrected chi connectivity index (χ3v) is 3.08. The molecule has 1 aliphatic rings. The van der Waals surface area contributed by atoms with Crippen molar-refractivity contribution in [3.05, 3.63) is 0 Å². The predicted molar refractivity (Wildman–Crippen MR) is 57.6 cm³/mol. The van der Waals surface area contributed by atoms with E-state index in [1.807, 2.05) is 0 Å². The van der Waals surface area contributed by atoms with Crippen LogP contribution in [-0.2, 0) is 0 Å². The van der Waals surface area contributed by atoms with Crippen LogP contribution in [0.25, 0.3) is 0 Å². The van der Waals surface area contributed by atoms with Crippen molar-refractivity contribution >= 4 is 0 Å². The summed E-state index contributed by atoms with van der Waals surface area (Å²) in [6, 6.07) is 2.50. The fourth-order valence-electron chi connectivity index (χ4n) is 2.25. The number of nitrogens with two attached hydrogens (primary N) is 1. The smallest absolute Gasteiger partial charge is 0.0940 e. The van der Waals surface area contributed by atoms with Crippen molar-refractivity contribution in [2.24, 2.45) is 11.7 Å². The number of nitriles is 1. The summed E-state index contributed by atoms with van der Waals surface area (Å²) in [7, 11) is 0. The molecule has 0 aromatic rings. The van der Waals surface area contributed by atoms with Crippen LogP contribution in [0.5, 0.6) is 0 Å². The molecule has 0 aliphatic carbocycles. The van der Waals surface area contributed by atoms with E-state index in [1.165, 1.54) is 19.4 Å².